The summed E-state index contributed by atoms with van der Waals surface area (Å²) in [5.74, 6) is 1.40. The number of furan rings is 1. The molecule has 6 nitrogen and oxygen atoms in total. The Morgan fingerprint density at radius 1 is 1.47 bits per heavy atom. The third-order valence-electron chi connectivity index (χ3n) is 2.78. The second-order valence-corrected chi connectivity index (χ2v) is 4.79. The second-order valence-electron chi connectivity index (χ2n) is 4.79. The van der Waals surface area contributed by atoms with E-state index in [9.17, 15) is 4.79 Å². The lowest BCUT2D eigenvalue weighted by Gasteiger charge is -2.13. The van der Waals surface area contributed by atoms with Gasteiger partial charge in [-0.1, -0.05) is 19.0 Å². The highest BCUT2D eigenvalue weighted by molar-refractivity contribution is 5.92. The minimum atomic E-state index is -0.202. The Morgan fingerprint density at radius 2 is 2.21 bits per heavy atom. The summed E-state index contributed by atoms with van der Waals surface area (Å²) in [4.78, 5) is 17.8. The average molecular weight is 263 g/mol. The molecule has 2 rings (SSSR count). The number of hydrogen-bond donors (Lipinski definition) is 0. The lowest BCUT2D eigenvalue weighted by Crippen LogP contribution is -2.26. The fraction of sp³-hybridized carbons (Fsp3) is 0.462. The zero-order valence-electron chi connectivity index (χ0n) is 11.5. The highest BCUT2D eigenvalue weighted by atomic mass is 16.5. The molecule has 102 valence electrons. The molecule has 0 fully saturated rings. The molecule has 19 heavy (non-hydrogen) atoms. The first-order chi connectivity index (χ1) is 8.99. The molecule has 0 N–H and O–H groups in total. The molecule has 0 unspecified atom stereocenters. The zero-order chi connectivity index (χ0) is 14.0. The van der Waals surface area contributed by atoms with Crippen LogP contribution in [-0.4, -0.2) is 28.0 Å². The normalized spacial score (nSPS) is 11.0. The average Bonchev–Trinajstić information content (AvgIpc) is 2.97. The van der Waals surface area contributed by atoms with Gasteiger partial charge in [0.15, 0.2) is 11.6 Å². The molecule has 1 amide bonds. The maximum atomic E-state index is 12.1. The summed E-state index contributed by atoms with van der Waals surface area (Å²) in [7, 11) is 1.67. The van der Waals surface area contributed by atoms with Crippen molar-refractivity contribution in [2.45, 2.75) is 33.2 Å². The Balaban J connectivity index is 2.06. The molecule has 0 saturated carbocycles. The predicted octanol–water partition coefficient (Wildman–Crippen LogP) is 2.37. The molecule has 0 aliphatic heterocycles. The van der Waals surface area contributed by atoms with E-state index in [2.05, 4.69) is 10.1 Å². The Morgan fingerprint density at radius 3 is 2.74 bits per heavy atom. The molecule has 2 heterocycles. The van der Waals surface area contributed by atoms with Crippen LogP contribution in [0.15, 0.2) is 21.3 Å². The number of carbonyl (C=O) groups excluding carboxylic acids is 1. The minimum Gasteiger partial charge on any atom is -0.459 e. The molecule has 2 aromatic heterocycles. The first-order valence-electron chi connectivity index (χ1n) is 6.11. The summed E-state index contributed by atoms with van der Waals surface area (Å²) >= 11 is 0. The fourth-order valence-corrected chi connectivity index (χ4v) is 1.61. The molecule has 0 saturated heterocycles. The fourth-order valence-electron chi connectivity index (χ4n) is 1.61. The van der Waals surface area contributed by atoms with Crippen molar-refractivity contribution in [2.75, 3.05) is 7.05 Å². The molecular weight excluding hydrogens is 246 g/mol. The third-order valence-corrected chi connectivity index (χ3v) is 2.78. The van der Waals surface area contributed by atoms with Crippen molar-refractivity contribution in [3.63, 3.8) is 0 Å². The van der Waals surface area contributed by atoms with Gasteiger partial charge in [0.2, 0.25) is 5.89 Å². The van der Waals surface area contributed by atoms with Crippen LogP contribution in [0.2, 0.25) is 0 Å². The molecule has 0 aliphatic carbocycles. The van der Waals surface area contributed by atoms with Crippen molar-refractivity contribution in [3.8, 4) is 0 Å². The molecule has 0 atom stereocenters. The molecule has 0 spiro atoms. The van der Waals surface area contributed by atoms with Crippen molar-refractivity contribution >= 4 is 5.91 Å². The van der Waals surface area contributed by atoms with E-state index < -0.39 is 0 Å². The molecule has 0 aliphatic rings. The molecule has 2 aromatic rings. The first-order valence-corrected chi connectivity index (χ1v) is 6.11. The number of aryl methyl sites for hydroxylation is 1. The van der Waals surface area contributed by atoms with Crippen LogP contribution in [0.25, 0.3) is 0 Å². The van der Waals surface area contributed by atoms with E-state index in [-0.39, 0.29) is 18.4 Å². The van der Waals surface area contributed by atoms with Crippen molar-refractivity contribution < 1.29 is 13.7 Å². The smallest absolute Gasteiger partial charge is 0.290 e. The minimum absolute atomic E-state index is 0.200. The summed E-state index contributed by atoms with van der Waals surface area (Å²) in [5, 5.41) is 3.86. The van der Waals surface area contributed by atoms with E-state index in [1.807, 2.05) is 20.8 Å². The number of nitrogens with zero attached hydrogens (tertiary/aromatic N) is 3. The van der Waals surface area contributed by atoms with Gasteiger partial charge in [0, 0.05) is 18.5 Å². The monoisotopic (exact) mass is 263 g/mol. The predicted molar refractivity (Wildman–Crippen MR) is 67.6 cm³/mol. The van der Waals surface area contributed by atoms with Crippen LogP contribution < -0.4 is 0 Å². The van der Waals surface area contributed by atoms with Gasteiger partial charge in [-0.05, 0) is 13.0 Å². The summed E-state index contributed by atoms with van der Waals surface area (Å²) in [6, 6.07) is 1.75. The quantitative estimate of drug-likeness (QED) is 0.846. The third kappa shape index (κ3) is 2.83. The highest BCUT2D eigenvalue weighted by Gasteiger charge is 2.20. The van der Waals surface area contributed by atoms with Crippen LogP contribution >= 0.6 is 0 Å². The van der Waals surface area contributed by atoms with Gasteiger partial charge in [-0.15, -0.1) is 0 Å². The van der Waals surface area contributed by atoms with Crippen molar-refractivity contribution in [1.82, 2.24) is 15.0 Å². The van der Waals surface area contributed by atoms with Crippen molar-refractivity contribution in [1.29, 1.82) is 0 Å². The maximum absolute atomic E-state index is 12.1. The molecular formula is C13H17N3O3. The van der Waals surface area contributed by atoms with Crippen LogP contribution in [0.3, 0.4) is 0 Å². The number of aromatic nitrogens is 2. The van der Waals surface area contributed by atoms with Gasteiger partial charge in [-0.25, -0.2) is 0 Å². The van der Waals surface area contributed by atoms with Crippen molar-refractivity contribution in [2.24, 2.45) is 0 Å². The SMILES string of the molecule is Cc1ccoc1C(=O)N(C)Cc1nc(C(C)C)no1. The van der Waals surface area contributed by atoms with Crippen molar-refractivity contribution in [3.05, 3.63) is 35.4 Å². The second kappa shape index (κ2) is 5.26. The van der Waals surface area contributed by atoms with E-state index in [4.69, 9.17) is 8.94 Å². The first kappa shape index (κ1) is 13.3. The summed E-state index contributed by atoms with van der Waals surface area (Å²) in [6.07, 6.45) is 1.50. The molecule has 6 heteroatoms. The standard InChI is InChI=1S/C13H17N3O3/c1-8(2)12-14-10(19-15-12)7-16(4)13(17)11-9(3)5-6-18-11/h5-6,8H,7H2,1-4H3. The Kier molecular flexibility index (Phi) is 3.69. The van der Waals surface area contributed by atoms with Gasteiger partial charge in [-0.3, -0.25) is 4.79 Å². The lowest BCUT2D eigenvalue weighted by molar-refractivity contribution is 0.0737. The summed E-state index contributed by atoms with van der Waals surface area (Å²) in [5.41, 5.74) is 0.810. The zero-order valence-corrected chi connectivity index (χ0v) is 11.5. The van der Waals surface area contributed by atoms with Crippen LogP contribution in [0, 0.1) is 6.92 Å². The van der Waals surface area contributed by atoms with E-state index in [0.717, 1.165) is 5.56 Å². The highest BCUT2D eigenvalue weighted by Crippen LogP contribution is 2.14. The van der Waals surface area contributed by atoms with Gasteiger partial charge >= 0.3 is 0 Å². The molecule has 0 aromatic carbocycles. The Hall–Kier alpha value is -2.11. The van der Waals surface area contributed by atoms with E-state index in [1.165, 1.54) is 11.2 Å². The van der Waals surface area contributed by atoms with Gasteiger partial charge in [0.25, 0.3) is 5.91 Å². The Labute approximate surface area is 111 Å². The maximum Gasteiger partial charge on any atom is 0.290 e. The van der Waals surface area contributed by atoms with E-state index in [0.29, 0.717) is 17.5 Å². The topological polar surface area (TPSA) is 72.4 Å². The lowest BCUT2D eigenvalue weighted by atomic mass is 10.2. The summed E-state index contributed by atoms with van der Waals surface area (Å²) < 4.78 is 10.3. The van der Waals surface area contributed by atoms with E-state index in [1.54, 1.807) is 13.1 Å². The molecule has 0 radical (unpaired) electrons. The van der Waals surface area contributed by atoms with Gasteiger partial charge in [0.1, 0.15) is 6.54 Å². The number of hydrogen-bond acceptors (Lipinski definition) is 5. The Bertz CT molecular complexity index is 571. The van der Waals surface area contributed by atoms with Gasteiger partial charge < -0.3 is 13.8 Å². The van der Waals surface area contributed by atoms with Crippen LogP contribution in [0.1, 0.15) is 47.6 Å². The number of amides is 1. The molecule has 0 bridgehead atoms. The van der Waals surface area contributed by atoms with Crippen LogP contribution in [0.4, 0.5) is 0 Å². The number of carbonyl (C=O) groups is 1. The van der Waals surface area contributed by atoms with Gasteiger partial charge in [-0.2, -0.15) is 4.98 Å². The van der Waals surface area contributed by atoms with Crippen LogP contribution in [-0.2, 0) is 6.54 Å². The van der Waals surface area contributed by atoms with E-state index >= 15 is 0 Å². The van der Waals surface area contributed by atoms with Gasteiger partial charge in [0.05, 0.1) is 6.26 Å². The summed E-state index contributed by atoms with van der Waals surface area (Å²) in [6.45, 7) is 6.05. The largest absolute Gasteiger partial charge is 0.459 e. The van der Waals surface area contributed by atoms with Crippen LogP contribution in [0.5, 0.6) is 0 Å². The number of rotatable bonds is 4.